The van der Waals surface area contributed by atoms with Crippen LogP contribution in [0.5, 0.6) is 0 Å². The monoisotopic (exact) mass is 497 g/mol. The molecule has 0 radical (unpaired) electrons. The maximum Gasteiger partial charge on any atom is 0.223 e. The van der Waals surface area contributed by atoms with Crippen molar-refractivity contribution >= 4 is 34.5 Å². The van der Waals surface area contributed by atoms with E-state index in [4.69, 9.17) is 11.6 Å². The van der Waals surface area contributed by atoms with Crippen molar-refractivity contribution in [1.82, 2.24) is 14.4 Å². The molecule has 0 aliphatic carbocycles. The topological polar surface area (TPSA) is 28.5 Å². The first kappa shape index (κ1) is 24.4. The van der Waals surface area contributed by atoms with E-state index in [9.17, 15) is 4.79 Å². The number of hydrogen-bond donors (Lipinski definition) is 0. The normalized spacial score (nSPS) is 15.6. The summed E-state index contributed by atoms with van der Waals surface area (Å²) in [5, 5.41) is 1.90. The lowest BCUT2D eigenvalue weighted by Crippen LogP contribution is -2.48. The van der Waals surface area contributed by atoms with Crippen molar-refractivity contribution in [2.24, 2.45) is 7.05 Å². The minimum absolute atomic E-state index is 0.0206. The number of aryl methyl sites for hydroxylation is 1. The molecule has 5 heteroatoms. The lowest BCUT2D eigenvalue weighted by atomic mass is 9.87. The first-order valence-electron chi connectivity index (χ1n) is 12.6. The number of halogens is 1. The average molecular weight is 498 g/mol. The molecule has 0 spiro atoms. The van der Waals surface area contributed by atoms with Gasteiger partial charge in [0.25, 0.3) is 0 Å². The van der Waals surface area contributed by atoms with Crippen LogP contribution in [0.1, 0.15) is 29.0 Å². The average Bonchev–Trinajstić information content (AvgIpc) is 3.25. The van der Waals surface area contributed by atoms with Gasteiger partial charge in [0.2, 0.25) is 5.91 Å². The molecule has 4 aromatic rings. The fourth-order valence-electron chi connectivity index (χ4n) is 5.14. The minimum atomic E-state index is -0.0206. The summed E-state index contributed by atoms with van der Waals surface area (Å²) < 4.78 is 2.15. The number of aromatic nitrogens is 1. The quantitative estimate of drug-likeness (QED) is 0.303. The van der Waals surface area contributed by atoms with Gasteiger partial charge in [-0.05, 0) is 34.9 Å². The third-order valence-corrected chi connectivity index (χ3v) is 7.40. The number of piperazine rings is 1. The Morgan fingerprint density at radius 3 is 2.36 bits per heavy atom. The summed E-state index contributed by atoms with van der Waals surface area (Å²) in [6.45, 7) is 4.22. The summed E-state index contributed by atoms with van der Waals surface area (Å²) in [4.78, 5) is 18.0. The number of benzene rings is 3. The molecule has 3 aromatic carbocycles. The molecular weight excluding hydrogens is 466 g/mol. The van der Waals surface area contributed by atoms with E-state index in [1.54, 1.807) is 0 Å². The van der Waals surface area contributed by atoms with Crippen LogP contribution in [-0.2, 0) is 11.8 Å². The zero-order valence-corrected chi connectivity index (χ0v) is 21.4. The van der Waals surface area contributed by atoms with E-state index in [2.05, 4.69) is 95.5 Å². The molecule has 1 aromatic heterocycles. The number of fused-ring (bicyclic) bond motifs is 1. The van der Waals surface area contributed by atoms with Crippen LogP contribution in [0.4, 0.5) is 0 Å². The second-order valence-corrected chi connectivity index (χ2v) is 9.95. The molecule has 4 nitrogen and oxygen atoms in total. The van der Waals surface area contributed by atoms with Crippen molar-refractivity contribution in [2.45, 2.75) is 12.3 Å². The predicted octanol–water partition coefficient (Wildman–Crippen LogP) is 6.21. The van der Waals surface area contributed by atoms with E-state index in [0.717, 1.165) is 38.3 Å². The van der Waals surface area contributed by atoms with Crippen LogP contribution in [0.3, 0.4) is 0 Å². The summed E-state index contributed by atoms with van der Waals surface area (Å²) in [5.41, 5.74) is 4.70. The van der Waals surface area contributed by atoms with Crippen LogP contribution in [-0.4, -0.2) is 53.0 Å². The fourth-order valence-corrected chi connectivity index (χ4v) is 5.26. The summed E-state index contributed by atoms with van der Waals surface area (Å²) in [5.74, 6) is 0.190. The van der Waals surface area contributed by atoms with Crippen molar-refractivity contribution in [3.05, 3.63) is 113 Å². The molecule has 184 valence electrons. The van der Waals surface area contributed by atoms with Crippen LogP contribution < -0.4 is 0 Å². The summed E-state index contributed by atoms with van der Waals surface area (Å²) in [7, 11) is 2.07. The Balaban J connectivity index is 1.27. The number of rotatable bonds is 7. The van der Waals surface area contributed by atoms with E-state index in [1.807, 2.05) is 23.1 Å². The van der Waals surface area contributed by atoms with Gasteiger partial charge < -0.3 is 9.47 Å². The summed E-state index contributed by atoms with van der Waals surface area (Å²) in [6, 6.07) is 26.7. The highest BCUT2D eigenvalue weighted by atomic mass is 35.5. The molecule has 5 rings (SSSR count). The molecule has 1 aliphatic rings. The lowest BCUT2D eigenvalue weighted by molar-refractivity contribution is -0.133. The van der Waals surface area contributed by atoms with E-state index < -0.39 is 0 Å². The first-order valence-corrected chi connectivity index (χ1v) is 13.0. The van der Waals surface area contributed by atoms with Crippen LogP contribution in [0, 0.1) is 0 Å². The van der Waals surface area contributed by atoms with Crippen LogP contribution >= 0.6 is 11.6 Å². The molecule has 1 atom stereocenters. The minimum Gasteiger partial charge on any atom is -0.350 e. The van der Waals surface area contributed by atoms with Crippen molar-refractivity contribution in [3.63, 3.8) is 0 Å². The van der Waals surface area contributed by atoms with Gasteiger partial charge in [0.1, 0.15) is 0 Å². The summed E-state index contributed by atoms with van der Waals surface area (Å²) >= 11 is 6.18. The Morgan fingerprint density at radius 2 is 1.61 bits per heavy atom. The highest BCUT2D eigenvalue weighted by molar-refractivity contribution is 6.30. The van der Waals surface area contributed by atoms with Crippen molar-refractivity contribution in [2.75, 3.05) is 32.7 Å². The Kier molecular flexibility index (Phi) is 7.55. The van der Waals surface area contributed by atoms with Gasteiger partial charge in [0.15, 0.2) is 0 Å². The Bertz CT molecular complexity index is 1340. The van der Waals surface area contributed by atoms with Gasteiger partial charge in [-0.2, -0.15) is 0 Å². The summed E-state index contributed by atoms with van der Waals surface area (Å²) in [6.07, 6.45) is 7.00. The number of amides is 1. The predicted molar refractivity (Wildman–Crippen MR) is 149 cm³/mol. The van der Waals surface area contributed by atoms with Gasteiger partial charge in [-0.1, -0.05) is 84.4 Å². The molecule has 1 amide bonds. The molecule has 0 saturated carbocycles. The molecule has 36 heavy (non-hydrogen) atoms. The van der Waals surface area contributed by atoms with Crippen molar-refractivity contribution in [1.29, 1.82) is 0 Å². The molecular formula is C31H32ClN3O. The second kappa shape index (κ2) is 11.2. The van der Waals surface area contributed by atoms with Crippen LogP contribution in [0.25, 0.3) is 17.0 Å². The van der Waals surface area contributed by atoms with Crippen molar-refractivity contribution < 1.29 is 4.79 Å². The van der Waals surface area contributed by atoms with Gasteiger partial charge in [-0.25, -0.2) is 0 Å². The standard InChI is InChI=1S/C31H32ClN3O/c1-33-23-29(27-11-5-6-12-30(27)33)28(25-13-15-26(32)16-14-25)22-31(36)35-20-18-34(19-21-35)17-7-10-24-8-3-2-4-9-24/h2-16,23,28H,17-22H2,1H3/b10-7+. The van der Waals surface area contributed by atoms with Crippen LogP contribution in [0.2, 0.25) is 5.02 Å². The maximum absolute atomic E-state index is 13.5. The van der Waals surface area contributed by atoms with E-state index in [1.165, 1.54) is 22.0 Å². The number of carbonyl (C=O) groups is 1. The molecule has 0 bridgehead atoms. The lowest BCUT2D eigenvalue weighted by Gasteiger charge is -2.35. The smallest absolute Gasteiger partial charge is 0.223 e. The van der Waals surface area contributed by atoms with Crippen molar-refractivity contribution in [3.8, 4) is 0 Å². The number of para-hydroxylation sites is 1. The molecule has 2 heterocycles. The number of hydrogen-bond acceptors (Lipinski definition) is 2. The Morgan fingerprint density at radius 1 is 0.917 bits per heavy atom. The molecule has 1 aliphatic heterocycles. The molecule has 1 fully saturated rings. The fraction of sp³-hybridized carbons (Fsp3) is 0.258. The first-order chi connectivity index (χ1) is 17.6. The van der Waals surface area contributed by atoms with Gasteiger partial charge in [-0.3, -0.25) is 9.69 Å². The Hall–Kier alpha value is -3.34. The Labute approximate surface area is 218 Å². The SMILES string of the molecule is Cn1cc(C(CC(=O)N2CCN(C/C=C/c3ccccc3)CC2)c2ccc(Cl)cc2)c2ccccc21. The second-order valence-electron chi connectivity index (χ2n) is 9.52. The third-order valence-electron chi connectivity index (χ3n) is 7.15. The zero-order chi connectivity index (χ0) is 24.9. The largest absolute Gasteiger partial charge is 0.350 e. The highest BCUT2D eigenvalue weighted by Gasteiger charge is 2.27. The number of carbonyl (C=O) groups excluding carboxylic acids is 1. The van der Waals surface area contributed by atoms with E-state index >= 15 is 0 Å². The van der Waals surface area contributed by atoms with Gasteiger partial charge in [0.05, 0.1) is 0 Å². The zero-order valence-electron chi connectivity index (χ0n) is 20.7. The van der Waals surface area contributed by atoms with E-state index in [0.29, 0.717) is 11.4 Å². The van der Waals surface area contributed by atoms with Crippen LogP contribution in [0.15, 0.2) is 91.1 Å². The van der Waals surface area contributed by atoms with Gasteiger partial charge in [0, 0.05) is 74.2 Å². The number of nitrogens with zero attached hydrogens (tertiary/aromatic N) is 3. The molecule has 1 unspecified atom stereocenters. The molecule has 1 saturated heterocycles. The van der Waals surface area contributed by atoms with Gasteiger partial charge >= 0.3 is 0 Å². The van der Waals surface area contributed by atoms with Gasteiger partial charge in [-0.15, -0.1) is 0 Å². The molecule has 0 N–H and O–H groups in total. The maximum atomic E-state index is 13.5. The third kappa shape index (κ3) is 5.56. The highest BCUT2D eigenvalue weighted by Crippen LogP contribution is 2.35. The van der Waals surface area contributed by atoms with E-state index in [-0.39, 0.29) is 11.8 Å².